The van der Waals surface area contributed by atoms with Gasteiger partial charge in [-0.3, -0.25) is 4.79 Å². The van der Waals surface area contributed by atoms with Crippen LogP contribution in [0.1, 0.15) is 0 Å². The molecule has 0 bridgehead atoms. The van der Waals surface area contributed by atoms with Gasteiger partial charge >= 0.3 is 12.1 Å². The van der Waals surface area contributed by atoms with Crippen molar-refractivity contribution >= 4 is 52.3 Å². The van der Waals surface area contributed by atoms with E-state index in [0.717, 1.165) is 6.20 Å². The van der Waals surface area contributed by atoms with Crippen molar-refractivity contribution in [1.29, 1.82) is 0 Å². The monoisotopic (exact) mass is 459 g/mol. The van der Waals surface area contributed by atoms with E-state index >= 15 is 0 Å². The van der Waals surface area contributed by atoms with Crippen LogP contribution in [0.3, 0.4) is 0 Å². The number of nitrogens with zero attached hydrogens (tertiary/aromatic N) is 4. The molecule has 2 heterocycles. The van der Waals surface area contributed by atoms with Crippen LogP contribution in [0.15, 0.2) is 49.2 Å². The smallest absolute Gasteiger partial charge is 0.371 e. The van der Waals surface area contributed by atoms with Crippen LogP contribution in [0.4, 0.5) is 36.3 Å². The zero-order valence-corrected chi connectivity index (χ0v) is 16.7. The molecule has 0 aliphatic heterocycles. The second-order valence-corrected chi connectivity index (χ2v) is 6.13. The number of aromatic nitrogens is 4. The summed E-state index contributed by atoms with van der Waals surface area (Å²) in [5.74, 6) is -2.03. The number of amides is 1. The van der Waals surface area contributed by atoms with E-state index in [9.17, 15) is 18.0 Å². The maximum absolute atomic E-state index is 12.3. The fraction of sp³-hybridized carbons (Fsp3) is 0.118. The quantitative estimate of drug-likeness (QED) is 0.525. The van der Waals surface area contributed by atoms with Gasteiger partial charge in [0.2, 0.25) is 5.95 Å². The number of anilines is 4. The summed E-state index contributed by atoms with van der Waals surface area (Å²) in [6.45, 7) is 0. The van der Waals surface area contributed by atoms with Gasteiger partial charge in [-0.05, 0) is 24.3 Å². The fourth-order valence-corrected chi connectivity index (χ4v) is 2.17. The van der Waals surface area contributed by atoms with E-state index < -0.39 is 12.1 Å². The molecule has 3 aromatic rings. The number of nitrogens with one attached hydrogen (secondary N) is 3. The van der Waals surface area contributed by atoms with E-state index in [-0.39, 0.29) is 17.5 Å². The van der Waals surface area contributed by atoms with Crippen molar-refractivity contribution in [2.24, 2.45) is 0 Å². The Labute approximate surface area is 178 Å². The Bertz CT molecular complexity index is 964. The Balaban J connectivity index is 0.000000456. The minimum absolute atomic E-state index is 0.00478. The van der Waals surface area contributed by atoms with Gasteiger partial charge in [0.05, 0.1) is 16.2 Å². The van der Waals surface area contributed by atoms with Crippen molar-refractivity contribution in [3.8, 4) is 0 Å². The first-order valence-corrected chi connectivity index (χ1v) is 8.81. The number of carbonyl (C=O) groups excluding carboxylic acids is 1. The first-order chi connectivity index (χ1) is 14.2. The number of halogens is 5. The van der Waals surface area contributed by atoms with Gasteiger partial charge in [0.1, 0.15) is 12.0 Å². The summed E-state index contributed by atoms with van der Waals surface area (Å²) in [5.41, 5.74) is 0.318. The number of hydrogen-bond acceptors (Lipinski definition) is 7. The second-order valence-electron chi connectivity index (χ2n) is 5.32. The molecule has 8 nitrogen and oxygen atoms in total. The molecule has 3 rings (SSSR count). The van der Waals surface area contributed by atoms with E-state index in [4.69, 9.17) is 23.2 Å². The summed E-state index contributed by atoms with van der Waals surface area (Å²) >= 11 is 11.7. The van der Waals surface area contributed by atoms with Gasteiger partial charge in [0.15, 0.2) is 5.82 Å². The third-order valence-corrected chi connectivity index (χ3v) is 3.92. The molecular formula is C17H14Cl2F3N7O. The van der Waals surface area contributed by atoms with Gasteiger partial charge < -0.3 is 16.0 Å². The Morgan fingerprint density at radius 3 is 2.30 bits per heavy atom. The van der Waals surface area contributed by atoms with Crippen LogP contribution in [0.5, 0.6) is 0 Å². The molecule has 1 aromatic carbocycles. The molecule has 158 valence electrons. The van der Waals surface area contributed by atoms with Crippen molar-refractivity contribution in [3.05, 3.63) is 59.2 Å². The lowest BCUT2D eigenvalue weighted by Crippen LogP contribution is -2.30. The van der Waals surface area contributed by atoms with Crippen LogP contribution in [0.25, 0.3) is 0 Å². The SMILES string of the molecule is CNc1nc(Nc2ccc(Cl)c(Cl)c2)ncc1NC(=O)C(F)(F)F.c1cncnc1. The summed E-state index contributed by atoms with van der Waals surface area (Å²) in [6.07, 6.45) is 0.907. The van der Waals surface area contributed by atoms with Gasteiger partial charge in [-0.25, -0.2) is 15.0 Å². The van der Waals surface area contributed by atoms with Crippen molar-refractivity contribution in [3.63, 3.8) is 0 Å². The number of carbonyl (C=O) groups is 1. The first kappa shape index (κ1) is 23.1. The molecule has 0 atom stereocenters. The van der Waals surface area contributed by atoms with Crippen molar-refractivity contribution < 1.29 is 18.0 Å². The van der Waals surface area contributed by atoms with Crippen molar-refractivity contribution in [2.75, 3.05) is 23.0 Å². The topological polar surface area (TPSA) is 105 Å². The van der Waals surface area contributed by atoms with Gasteiger partial charge in [-0.15, -0.1) is 0 Å². The van der Waals surface area contributed by atoms with Gasteiger partial charge in [0.25, 0.3) is 0 Å². The average molecular weight is 460 g/mol. The molecule has 0 radical (unpaired) electrons. The fourth-order valence-electron chi connectivity index (χ4n) is 1.87. The molecule has 2 aromatic heterocycles. The normalized spacial score (nSPS) is 10.5. The maximum atomic E-state index is 12.3. The Morgan fingerprint density at radius 2 is 1.80 bits per heavy atom. The molecule has 0 aliphatic rings. The van der Waals surface area contributed by atoms with E-state index in [0.29, 0.717) is 15.7 Å². The molecule has 3 N–H and O–H groups in total. The molecule has 1 amide bonds. The first-order valence-electron chi connectivity index (χ1n) is 8.05. The lowest BCUT2D eigenvalue weighted by atomic mass is 10.3. The molecule has 13 heteroatoms. The summed E-state index contributed by atoms with van der Waals surface area (Å²) in [7, 11) is 1.44. The highest BCUT2D eigenvalue weighted by atomic mass is 35.5. The van der Waals surface area contributed by atoms with Crippen molar-refractivity contribution in [1.82, 2.24) is 19.9 Å². The van der Waals surface area contributed by atoms with Gasteiger partial charge in [0, 0.05) is 25.1 Å². The van der Waals surface area contributed by atoms with Crippen molar-refractivity contribution in [2.45, 2.75) is 6.18 Å². The lowest BCUT2D eigenvalue weighted by molar-refractivity contribution is -0.167. The predicted octanol–water partition coefficient (Wildman–Crippen LogP) is 4.55. The molecule has 0 unspecified atom stereocenters. The zero-order chi connectivity index (χ0) is 22.1. The van der Waals surface area contributed by atoms with E-state index in [1.54, 1.807) is 35.9 Å². The summed E-state index contributed by atoms with van der Waals surface area (Å²) in [5, 5.41) is 7.76. The summed E-state index contributed by atoms with van der Waals surface area (Å²) in [6, 6.07) is 6.49. The van der Waals surface area contributed by atoms with Crippen LogP contribution in [-0.2, 0) is 4.79 Å². The largest absolute Gasteiger partial charge is 0.471 e. The summed E-state index contributed by atoms with van der Waals surface area (Å²) in [4.78, 5) is 26.2. The molecule has 0 fully saturated rings. The molecule has 0 aliphatic carbocycles. The van der Waals surface area contributed by atoms with Crippen LogP contribution < -0.4 is 16.0 Å². The number of hydrogen-bond donors (Lipinski definition) is 3. The van der Waals surface area contributed by atoms with Crippen LogP contribution in [0, 0.1) is 0 Å². The second kappa shape index (κ2) is 10.6. The Hall–Kier alpha value is -3.18. The van der Waals surface area contributed by atoms with Gasteiger partial charge in [-0.1, -0.05) is 23.2 Å². The highest BCUT2D eigenvalue weighted by Gasteiger charge is 2.39. The van der Waals surface area contributed by atoms with Gasteiger partial charge in [-0.2, -0.15) is 18.2 Å². The van der Waals surface area contributed by atoms with E-state index in [2.05, 4.69) is 30.6 Å². The van der Waals surface area contributed by atoms with E-state index in [1.165, 1.54) is 19.4 Å². The number of alkyl halides is 3. The lowest BCUT2D eigenvalue weighted by Gasteiger charge is -2.13. The Morgan fingerprint density at radius 1 is 1.10 bits per heavy atom. The van der Waals surface area contributed by atoms with E-state index in [1.807, 2.05) is 0 Å². The number of benzene rings is 1. The third-order valence-electron chi connectivity index (χ3n) is 3.18. The zero-order valence-electron chi connectivity index (χ0n) is 15.2. The molecule has 0 spiro atoms. The standard InChI is InChI=1S/C13H10Cl2F3N5O.C4H4N2/c1-19-10-9(22-11(24)13(16,17)18)5-20-12(23-10)21-6-2-3-7(14)8(15)4-6;1-2-5-4-6-3-1/h2-5H,1H3,(H,22,24)(H2,19,20,21,23);1-4H. The van der Waals surface area contributed by atoms with Crippen LogP contribution in [0.2, 0.25) is 10.0 Å². The summed E-state index contributed by atoms with van der Waals surface area (Å²) < 4.78 is 36.9. The third kappa shape index (κ3) is 7.01. The predicted molar refractivity (Wildman–Crippen MR) is 108 cm³/mol. The average Bonchev–Trinajstić information content (AvgIpc) is 2.73. The maximum Gasteiger partial charge on any atom is 0.471 e. The molecule has 0 saturated carbocycles. The number of rotatable bonds is 4. The molecule has 30 heavy (non-hydrogen) atoms. The highest BCUT2D eigenvalue weighted by Crippen LogP contribution is 2.28. The van der Waals surface area contributed by atoms with Crippen LogP contribution >= 0.6 is 23.2 Å². The Kier molecular flexibility index (Phi) is 8.13. The minimum Gasteiger partial charge on any atom is -0.371 e. The minimum atomic E-state index is -5.01. The molecule has 0 saturated heterocycles. The highest BCUT2D eigenvalue weighted by molar-refractivity contribution is 6.42. The molecular weight excluding hydrogens is 446 g/mol. The van der Waals surface area contributed by atoms with Crippen LogP contribution in [-0.4, -0.2) is 39.1 Å².